The Labute approximate surface area is 116 Å². The zero-order chi connectivity index (χ0) is 13.8. The molecule has 0 spiro atoms. The van der Waals surface area contributed by atoms with Crippen molar-refractivity contribution in [1.29, 1.82) is 0 Å². The first-order valence-electron chi connectivity index (χ1n) is 7.27. The molecule has 0 amide bonds. The van der Waals surface area contributed by atoms with Gasteiger partial charge in [-0.05, 0) is 45.2 Å². The van der Waals surface area contributed by atoms with Gasteiger partial charge in [0.25, 0.3) is 0 Å². The minimum Gasteiger partial charge on any atom is -0.343 e. The molecule has 0 aromatic heterocycles. The van der Waals surface area contributed by atoms with E-state index in [0.29, 0.717) is 0 Å². The summed E-state index contributed by atoms with van der Waals surface area (Å²) in [5, 5.41) is 0. The van der Waals surface area contributed by atoms with Crippen molar-refractivity contribution >= 4 is 12.4 Å². The van der Waals surface area contributed by atoms with Gasteiger partial charge in [0.1, 0.15) is 0 Å². The molecular weight excluding hydrogens is 234 g/mol. The average Bonchev–Trinajstić information content (AvgIpc) is 2.41. The van der Waals surface area contributed by atoms with Crippen LogP contribution in [0.15, 0.2) is 33.8 Å². The molecule has 0 saturated heterocycles. The van der Waals surface area contributed by atoms with Crippen LogP contribution in [0.1, 0.15) is 46.5 Å². The predicted octanol–water partition coefficient (Wildman–Crippen LogP) is 3.99. The van der Waals surface area contributed by atoms with Crippen molar-refractivity contribution in [2.45, 2.75) is 46.5 Å². The molecule has 1 heterocycles. The predicted molar refractivity (Wildman–Crippen MR) is 82.3 cm³/mol. The Morgan fingerprint density at radius 3 is 2.74 bits per heavy atom. The Kier molecular flexibility index (Phi) is 4.56. The normalized spacial score (nSPS) is 30.1. The van der Waals surface area contributed by atoms with E-state index in [2.05, 4.69) is 34.7 Å². The highest BCUT2D eigenvalue weighted by molar-refractivity contribution is 5.99. The number of allylic oxidation sites excluding steroid dienone is 2. The fourth-order valence-electron chi connectivity index (χ4n) is 3.06. The highest BCUT2D eigenvalue weighted by Crippen LogP contribution is 2.30. The van der Waals surface area contributed by atoms with Crippen LogP contribution in [0.4, 0.5) is 0 Å². The zero-order valence-electron chi connectivity index (χ0n) is 12.4. The minimum absolute atomic E-state index is 0.791. The molecule has 0 bridgehead atoms. The summed E-state index contributed by atoms with van der Waals surface area (Å²) in [6, 6.07) is 0. The maximum absolute atomic E-state index is 4.38. The van der Waals surface area contributed by atoms with Crippen molar-refractivity contribution in [3.63, 3.8) is 0 Å². The SMILES string of the molecule is C=N/C(C)=C1/C(C)=NC=CN1CC1CCC(C)CC1. The van der Waals surface area contributed by atoms with E-state index in [1.807, 2.05) is 20.0 Å². The second-order valence-corrected chi connectivity index (χ2v) is 5.88. The van der Waals surface area contributed by atoms with Gasteiger partial charge in [-0.25, -0.2) is 0 Å². The fraction of sp³-hybridized carbons (Fsp3) is 0.625. The molecule has 1 aliphatic carbocycles. The molecule has 3 heteroatoms. The van der Waals surface area contributed by atoms with Gasteiger partial charge in [-0.2, -0.15) is 0 Å². The topological polar surface area (TPSA) is 28.0 Å². The average molecular weight is 259 g/mol. The van der Waals surface area contributed by atoms with Gasteiger partial charge in [-0.1, -0.05) is 19.8 Å². The molecule has 1 saturated carbocycles. The van der Waals surface area contributed by atoms with Crippen LogP contribution < -0.4 is 0 Å². The van der Waals surface area contributed by atoms with Crippen LogP contribution in [0, 0.1) is 11.8 Å². The highest BCUT2D eigenvalue weighted by Gasteiger charge is 2.23. The second kappa shape index (κ2) is 6.18. The summed E-state index contributed by atoms with van der Waals surface area (Å²) in [5.74, 6) is 1.70. The van der Waals surface area contributed by atoms with Crippen LogP contribution in [-0.4, -0.2) is 23.9 Å². The van der Waals surface area contributed by atoms with Gasteiger partial charge in [0.05, 0.1) is 17.1 Å². The van der Waals surface area contributed by atoms with Crippen molar-refractivity contribution in [3.05, 3.63) is 23.8 Å². The fourth-order valence-corrected chi connectivity index (χ4v) is 3.06. The lowest BCUT2D eigenvalue weighted by molar-refractivity contribution is 0.247. The molecule has 0 aromatic carbocycles. The second-order valence-electron chi connectivity index (χ2n) is 5.88. The summed E-state index contributed by atoms with van der Waals surface area (Å²) in [6.45, 7) is 11.2. The molecule has 0 N–H and O–H groups in total. The molecule has 1 fully saturated rings. The molecule has 3 nitrogen and oxygen atoms in total. The van der Waals surface area contributed by atoms with E-state index in [0.717, 1.165) is 35.5 Å². The van der Waals surface area contributed by atoms with Crippen LogP contribution in [0.3, 0.4) is 0 Å². The van der Waals surface area contributed by atoms with Gasteiger partial charge in [-0.3, -0.25) is 9.98 Å². The molecular formula is C16H25N3. The molecule has 0 unspecified atom stereocenters. The molecule has 0 radical (unpaired) electrons. The Bertz CT molecular complexity index is 423. The summed E-state index contributed by atoms with van der Waals surface area (Å²) < 4.78 is 0. The third-order valence-corrected chi connectivity index (χ3v) is 4.31. The Morgan fingerprint density at radius 1 is 1.42 bits per heavy atom. The Balaban J connectivity index is 2.08. The van der Waals surface area contributed by atoms with E-state index in [1.54, 1.807) is 0 Å². The maximum atomic E-state index is 4.38. The molecule has 0 aromatic rings. The van der Waals surface area contributed by atoms with Crippen LogP contribution in [0.25, 0.3) is 0 Å². The van der Waals surface area contributed by atoms with E-state index in [1.165, 1.54) is 25.7 Å². The van der Waals surface area contributed by atoms with E-state index in [9.17, 15) is 0 Å². The largest absolute Gasteiger partial charge is 0.343 e. The summed E-state index contributed by atoms with van der Waals surface area (Å²) >= 11 is 0. The van der Waals surface area contributed by atoms with E-state index in [4.69, 9.17) is 0 Å². The van der Waals surface area contributed by atoms with Gasteiger partial charge in [-0.15, -0.1) is 0 Å². The Hall–Kier alpha value is -1.38. The first-order valence-corrected chi connectivity index (χ1v) is 7.27. The number of hydrogen-bond donors (Lipinski definition) is 0. The number of aliphatic imine (C=N–C) groups is 2. The first-order chi connectivity index (χ1) is 9.11. The van der Waals surface area contributed by atoms with E-state index >= 15 is 0 Å². The third kappa shape index (κ3) is 3.34. The lowest BCUT2D eigenvalue weighted by Gasteiger charge is -2.33. The van der Waals surface area contributed by atoms with E-state index < -0.39 is 0 Å². The smallest absolute Gasteiger partial charge is 0.0837 e. The minimum atomic E-state index is 0.791. The lowest BCUT2D eigenvalue weighted by Crippen LogP contribution is -2.31. The lowest BCUT2D eigenvalue weighted by atomic mass is 9.82. The van der Waals surface area contributed by atoms with Gasteiger partial charge < -0.3 is 4.90 Å². The Morgan fingerprint density at radius 2 is 2.11 bits per heavy atom. The number of nitrogens with zero attached hydrogens (tertiary/aromatic N) is 3. The summed E-state index contributed by atoms with van der Waals surface area (Å²) in [5.41, 5.74) is 3.14. The van der Waals surface area contributed by atoms with Crippen molar-refractivity contribution in [2.24, 2.45) is 21.8 Å². The zero-order valence-corrected chi connectivity index (χ0v) is 12.4. The van der Waals surface area contributed by atoms with Gasteiger partial charge >= 0.3 is 0 Å². The van der Waals surface area contributed by atoms with Crippen LogP contribution >= 0.6 is 0 Å². The van der Waals surface area contributed by atoms with Gasteiger partial charge in [0.15, 0.2) is 0 Å². The number of hydrogen-bond acceptors (Lipinski definition) is 3. The van der Waals surface area contributed by atoms with Crippen molar-refractivity contribution < 1.29 is 0 Å². The molecule has 2 aliphatic rings. The first kappa shape index (κ1) is 14.0. The van der Waals surface area contributed by atoms with Crippen molar-refractivity contribution in [1.82, 2.24) is 4.90 Å². The van der Waals surface area contributed by atoms with Gasteiger partial charge in [0.2, 0.25) is 0 Å². The van der Waals surface area contributed by atoms with Crippen molar-refractivity contribution in [2.75, 3.05) is 6.54 Å². The monoisotopic (exact) mass is 259 g/mol. The summed E-state index contributed by atoms with van der Waals surface area (Å²) in [6.07, 6.45) is 9.39. The van der Waals surface area contributed by atoms with E-state index in [-0.39, 0.29) is 0 Å². The maximum Gasteiger partial charge on any atom is 0.0837 e. The molecule has 0 atom stereocenters. The third-order valence-electron chi connectivity index (χ3n) is 4.31. The van der Waals surface area contributed by atoms with Crippen LogP contribution in [0.2, 0.25) is 0 Å². The summed E-state index contributed by atoms with van der Waals surface area (Å²) in [7, 11) is 0. The molecule has 104 valence electrons. The van der Waals surface area contributed by atoms with Crippen LogP contribution in [-0.2, 0) is 0 Å². The van der Waals surface area contributed by atoms with Gasteiger partial charge in [0, 0.05) is 18.9 Å². The molecule has 2 rings (SSSR count). The van der Waals surface area contributed by atoms with Crippen LogP contribution in [0.5, 0.6) is 0 Å². The highest BCUT2D eigenvalue weighted by atomic mass is 15.2. The van der Waals surface area contributed by atoms with Crippen molar-refractivity contribution in [3.8, 4) is 0 Å². The standard InChI is InChI=1S/C16H25N3/c1-12-5-7-15(8-6-12)11-19-10-9-18-14(3)16(19)13(2)17-4/h9-10,12,15H,4-8,11H2,1-3H3/b16-13-. The molecule has 19 heavy (non-hydrogen) atoms. The quantitative estimate of drug-likeness (QED) is 0.704. The summed E-state index contributed by atoms with van der Waals surface area (Å²) in [4.78, 5) is 10.8. The molecule has 1 aliphatic heterocycles. The number of rotatable bonds is 3.